The van der Waals surface area contributed by atoms with Gasteiger partial charge in [-0.2, -0.15) is 0 Å². The highest BCUT2D eigenvalue weighted by atomic mass is 16.3. The molecule has 1 aromatic rings. The molecule has 0 aromatic heterocycles. The van der Waals surface area contributed by atoms with Gasteiger partial charge < -0.3 is 20.6 Å². The molecule has 0 spiro atoms. The van der Waals surface area contributed by atoms with Gasteiger partial charge in [-0.15, -0.1) is 0 Å². The predicted octanol–water partition coefficient (Wildman–Crippen LogP) is 2.20. The van der Waals surface area contributed by atoms with Crippen molar-refractivity contribution >= 4 is 11.7 Å². The summed E-state index contributed by atoms with van der Waals surface area (Å²) in [5.74, 6) is 0. The summed E-state index contributed by atoms with van der Waals surface area (Å²) in [5, 5.41) is 15.0. The Kier molecular flexibility index (Phi) is 7.04. The number of aliphatic hydroxyl groups excluding tert-OH is 1. The van der Waals surface area contributed by atoms with Crippen LogP contribution in [-0.4, -0.2) is 42.8 Å². The molecule has 0 aliphatic heterocycles. The topological polar surface area (TPSA) is 64.6 Å². The fraction of sp³-hybridized carbons (Fsp3) is 0.533. The van der Waals surface area contributed by atoms with Gasteiger partial charge in [0, 0.05) is 24.8 Å². The predicted molar refractivity (Wildman–Crippen MR) is 81.9 cm³/mol. The van der Waals surface area contributed by atoms with Gasteiger partial charge in [-0.05, 0) is 38.1 Å². The second kappa shape index (κ2) is 8.55. The average Bonchev–Trinajstić information content (AvgIpc) is 2.47. The number of carbonyl (C=O) groups is 1. The number of aliphatic hydroxyl groups is 1. The van der Waals surface area contributed by atoms with E-state index >= 15 is 0 Å². The molecule has 1 rings (SSSR count). The lowest BCUT2D eigenvalue weighted by molar-refractivity contribution is 0.188. The van der Waals surface area contributed by atoms with Crippen LogP contribution >= 0.6 is 0 Å². The number of amides is 2. The van der Waals surface area contributed by atoms with Crippen molar-refractivity contribution in [2.75, 3.05) is 32.1 Å². The Bertz CT molecular complexity index is 400. The van der Waals surface area contributed by atoms with E-state index < -0.39 is 0 Å². The minimum Gasteiger partial charge on any atom is -0.395 e. The van der Waals surface area contributed by atoms with Crippen molar-refractivity contribution in [2.45, 2.75) is 26.3 Å². The molecule has 0 saturated heterocycles. The second-order valence-corrected chi connectivity index (χ2v) is 4.77. The number of nitrogens with one attached hydrogen (secondary N) is 2. The zero-order valence-electron chi connectivity index (χ0n) is 12.5. The molecule has 2 amide bonds. The second-order valence-electron chi connectivity index (χ2n) is 4.77. The number of carbonyl (C=O) groups excluding carboxylic acids is 1. The lowest BCUT2D eigenvalue weighted by Crippen LogP contribution is -2.37. The molecule has 112 valence electrons. The van der Waals surface area contributed by atoms with E-state index in [-0.39, 0.29) is 18.7 Å². The first-order valence-corrected chi connectivity index (χ1v) is 7.06. The van der Waals surface area contributed by atoms with E-state index in [2.05, 4.69) is 17.6 Å². The minimum absolute atomic E-state index is 0.0218. The summed E-state index contributed by atoms with van der Waals surface area (Å²) < 4.78 is 0. The van der Waals surface area contributed by atoms with Crippen molar-refractivity contribution in [3.05, 3.63) is 29.8 Å². The van der Waals surface area contributed by atoms with Gasteiger partial charge in [0.2, 0.25) is 0 Å². The Morgan fingerprint density at radius 1 is 1.30 bits per heavy atom. The molecule has 5 heteroatoms. The minimum atomic E-state index is -0.171. The molecule has 5 nitrogen and oxygen atoms in total. The number of benzene rings is 1. The van der Waals surface area contributed by atoms with E-state index in [0.29, 0.717) is 13.1 Å². The van der Waals surface area contributed by atoms with Gasteiger partial charge in [-0.25, -0.2) is 4.79 Å². The van der Waals surface area contributed by atoms with Crippen LogP contribution in [0.15, 0.2) is 24.3 Å². The molecule has 0 bridgehead atoms. The van der Waals surface area contributed by atoms with E-state index in [1.54, 1.807) is 4.90 Å². The smallest absolute Gasteiger partial charge is 0.321 e. The molecule has 0 radical (unpaired) electrons. The molecule has 1 atom stereocenters. The highest BCUT2D eigenvalue weighted by molar-refractivity contribution is 5.89. The Hall–Kier alpha value is -1.59. The summed E-state index contributed by atoms with van der Waals surface area (Å²) in [6, 6.07) is 7.88. The van der Waals surface area contributed by atoms with E-state index in [0.717, 1.165) is 12.1 Å². The molecule has 0 heterocycles. The zero-order valence-corrected chi connectivity index (χ0v) is 12.5. The van der Waals surface area contributed by atoms with E-state index in [4.69, 9.17) is 5.11 Å². The monoisotopic (exact) mass is 279 g/mol. The summed E-state index contributed by atoms with van der Waals surface area (Å²) in [6.45, 7) is 5.06. The van der Waals surface area contributed by atoms with Gasteiger partial charge in [-0.3, -0.25) is 0 Å². The van der Waals surface area contributed by atoms with Crippen LogP contribution in [0.3, 0.4) is 0 Å². The van der Waals surface area contributed by atoms with Crippen LogP contribution in [-0.2, 0) is 0 Å². The summed E-state index contributed by atoms with van der Waals surface area (Å²) in [7, 11) is 1.91. The molecule has 0 aliphatic rings. The zero-order chi connectivity index (χ0) is 15.0. The molecule has 0 aliphatic carbocycles. The first-order valence-electron chi connectivity index (χ1n) is 7.06. The van der Waals surface area contributed by atoms with E-state index in [1.807, 2.05) is 38.2 Å². The highest BCUT2D eigenvalue weighted by Gasteiger charge is 2.12. The van der Waals surface area contributed by atoms with Crippen LogP contribution < -0.4 is 10.6 Å². The number of anilines is 1. The first-order chi connectivity index (χ1) is 9.62. The highest BCUT2D eigenvalue weighted by Crippen LogP contribution is 2.16. The third-order valence-electron chi connectivity index (χ3n) is 3.25. The van der Waals surface area contributed by atoms with E-state index in [1.165, 1.54) is 5.56 Å². The maximum Gasteiger partial charge on any atom is 0.321 e. The SMILES string of the molecule is CCCN(CCO)C(=O)Nc1ccc(C(C)NC)cc1. The molecule has 1 aromatic carbocycles. The quantitative estimate of drug-likeness (QED) is 0.717. The fourth-order valence-electron chi connectivity index (χ4n) is 1.93. The number of hydrogen-bond acceptors (Lipinski definition) is 3. The fourth-order valence-corrected chi connectivity index (χ4v) is 1.93. The number of rotatable bonds is 7. The van der Waals surface area contributed by atoms with Crippen molar-refractivity contribution in [3.63, 3.8) is 0 Å². The van der Waals surface area contributed by atoms with Crippen molar-refractivity contribution in [1.82, 2.24) is 10.2 Å². The van der Waals surface area contributed by atoms with Crippen molar-refractivity contribution in [1.29, 1.82) is 0 Å². The average molecular weight is 279 g/mol. The van der Waals surface area contributed by atoms with Crippen LogP contribution in [0.1, 0.15) is 31.9 Å². The van der Waals surface area contributed by atoms with Gasteiger partial charge in [0.25, 0.3) is 0 Å². The lowest BCUT2D eigenvalue weighted by Gasteiger charge is -2.21. The Morgan fingerprint density at radius 3 is 2.45 bits per heavy atom. The van der Waals surface area contributed by atoms with Crippen molar-refractivity contribution < 1.29 is 9.90 Å². The van der Waals surface area contributed by atoms with Gasteiger partial charge in [0.1, 0.15) is 0 Å². The normalized spacial score (nSPS) is 12.0. The Labute approximate surface area is 121 Å². The number of nitrogens with zero attached hydrogens (tertiary/aromatic N) is 1. The van der Waals surface area contributed by atoms with Gasteiger partial charge in [0.15, 0.2) is 0 Å². The molecule has 0 fully saturated rings. The molecule has 3 N–H and O–H groups in total. The van der Waals surface area contributed by atoms with E-state index in [9.17, 15) is 4.79 Å². The number of hydrogen-bond donors (Lipinski definition) is 3. The number of urea groups is 1. The molecular weight excluding hydrogens is 254 g/mol. The molecule has 0 saturated carbocycles. The van der Waals surface area contributed by atoms with Crippen molar-refractivity contribution in [3.8, 4) is 0 Å². The van der Waals surface area contributed by atoms with Crippen LogP contribution in [0, 0.1) is 0 Å². The van der Waals surface area contributed by atoms with Crippen LogP contribution in [0.2, 0.25) is 0 Å². The Morgan fingerprint density at radius 2 is 1.95 bits per heavy atom. The Balaban J connectivity index is 2.65. The van der Waals surface area contributed by atoms with Crippen molar-refractivity contribution in [2.24, 2.45) is 0 Å². The molecular formula is C15H25N3O2. The third kappa shape index (κ3) is 4.83. The molecule has 1 unspecified atom stereocenters. The van der Waals surface area contributed by atoms with Crippen LogP contribution in [0.5, 0.6) is 0 Å². The summed E-state index contributed by atoms with van der Waals surface area (Å²) in [5.41, 5.74) is 1.94. The molecule has 20 heavy (non-hydrogen) atoms. The maximum atomic E-state index is 12.1. The van der Waals surface area contributed by atoms with Gasteiger partial charge in [-0.1, -0.05) is 19.1 Å². The lowest BCUT2D eigenvalue weighted by atomic mass is 10.1. The van der Waals surface area contributed by atoms with Gasteiger partial charge in [0.05, 0.1) is 6.61 Å². The summed E-state index contributed by atoms with van der Waals surface area (Å²) in [6.07, 6.45) is 0.867. The first kappa shape index (κ1) is 16.5. The maximum absolute atomic E-state index is 12.1. The third-order valence-corrected chi connectivity index (χ3v) is 3.25. The van der Waals surface area contributed by atoms with Crippen LogP contribution in [0.4, 0.5) is 10.5 Å². The summed E-state index contributed by atoms with van der Waals surface area (Å²) >= 11 is 0. The van der Waals surface area contributed by atoms with Crippen LogP contribution in [0.25, 0.3) is 0 Å². The van der Waals surface area contributed by atoms with Gasteiger partial charge >= 0.3 is 6.03 Å². The largest absolute Gasteiger partial charge is 0.395 e. The summed E-state index contributed by atoms with van der Waals surface area (Å²) in [4.78, 5) is 13.7. The standard InChI is InChI=1S/C15H25N3O2/c1-4-9-18(10-11-19)15(20)17-14-7-5-13(6-8-14)12(2)16-3/h5-8,12,16,19H,4,9-11H2,1-3H3,(H,17,20).